The van der Waals surface area contributed by atoms with Gasteiger partial charge in [-0.3, -0.25) is 9.69 Å². The second kappa shape index (κ2) is 6.55. The molecule has 0 aromatic rings. The molecule has 1 saturated heterocycles. The van der Waals surface area contributed by atoms with Crippen molar-refractivity contribution in [2.75, 3.05) is 13.1 Å². The van der Waals surface area contributed by atoms with Crippen LogP contribution in [0.2, 0.25) is 0 Å². The van der Waals surface area contributed by atoms with E-state index < -0.39 is 5.97 Å². The highest BCUT2D eigenvalue weighted by Crippen LogP contribution is 2.30. The summed E-state index contributed by atoms with van der Waals surface area (Å²) >= 11 is 0. The number of likely N-dealkylation sites (tertiary alicyclic amines) is 1. The monoisotopic (exact) mass is 253 g/mol. The summed E-state index contributed by atoms with van der Waals surface area (Å²) in [5.74, 6) is 0.952. The molecular weight excluding hydrogens is 226 g/mol. The minimum Gasteiger partial charge on any atom is -0.480 e. The summed E-state index contributed by atoms with van der Waals surface area (Å²) in [7, 11) is 0. The molecule has 1 aliphatic carbocycles. The van der Waals surface area contributed by atoms with E-state index in [0.717, 1.165) is 37.8 Å². The van der Waals surface area contributed by atoms with Gasteiger partial charge >= 0.3 is 5.97 Å². The summed E-state index contributed by atoms with van der Waals surface area (Å²) in [6.45, 7) is 4.34. The molecule has 2 fully saturated rings. The lowest BCUT2D eigenvalue weighted by Gasteiger charge is -2.34. The zero-order chi connectivity index (χ0) is 13.0. The van der Waals surface area contributed by atoms with Crippen LogP contribution >= 0.6 is 0 Å². The first-order valence-corrected chi connectivity index (χ1v) is 7.63. The van der Waals surface area contributed by atoms with Gasteiger partial charge in [-0.05, 0) is 44.1 Å². The SMILES string of the molecule is CC1CCCC(CN2CCCCCC2C(=O)O)C1. The molecule has 2 aliphatic rings. The first-order chi connectivity index (χ1) is 8.66. The number of carboxylic acid groups (broad SMARTS) is 1. The van der Waals surface area contributed by atoms with Gasteiger partial charge in [0.2, 0.25) is 0 Å². The summed E-state index contributed by atoms with van der Waals surface area (Å²) in [6.07, 6.45) is 9.58. The molecule has 3 atom stereocenters. The third-order valence-corrected chi connectivity index (χ3v) is 4.69. The van der Waals surface area contributed by atoms with E-state index in [-0.39, 0.29) is 6.04 Å². The average Bonchev–Trinajstić information content (AvgIpc) is 2.54. The van der Waals surface area contributed by atoms with Gasteiger partial charge in [0.05, 0.1) is 0 Å². The van der Waals surface area contributed by atoms with E-state index in [4.69, 9.17) is 0 Å². The van der Waals surface area contributed by atoms with Crippen LogP contribution in [-0.2, 0) is 4.79 Å². The molecule has 1 aliphatic heterocycles. The van der Waals surface area contributed by atoms with Gasteiger partial charge in [0.25, 0.3) is 0 Å². The first-order valence-electron chi connectivity index (χ1n) is 7.63. The van der Waals surface area contributed by atoms with Crippen molar-refractivity contribution in [3.63, 3.8) is 0 Å². The summed E-state index contributed by atoms with van der Waals surface area (Å²) in [6, 6.07) is -0.218. The number of rotatable bonds is 3. The van der Waals surface area contributed by atoms with E-state index >= 15 is 0 Å². The van der Waals surface area contributed by atoms with Crippen molar-refractivity contribution in [1.82, 2.24) is 4.90 Å². The third kappa shape index (κ3) is 3.71. The van der Waals surface area contributed by atoms with Gasteiger partial charge in [-0.2, -0.15) is 0 Å². The van der Waals surface area contributed by atoms with Crippen molar-refractivity contribution in [3.05, 3.63) is 0 Å². The Hall–Kier alpha value is -0.570. The van der Waals surface area contributed by atoms with Crippen molar-refractivity contribution in [2.45, 2.75) is 64.3 Å². The van der Waals surface area contributed by atoms with Crippen LogP contribution in [0.3, 0.4) is 0 Å². The minimum absolute atomic E-state index is 0.218. The molecular formula is C15H27NO2. The summed E-state index contributed by atoms with van der Waals surface area (Å²) in [5.41, 5.74) is 0. The van der Waals surface area contributed by atoms with Crippen molar-refractivity contribution >= 4 is 5.97 Å². The normalized spacial score (nSPS) is 35.1. The van der Waals surface area contributed by atoms with E-state index in [0.29, 0.717) is 0 Å². The minimum atomic E-state index is -0.610. The fourth-order valence-electron chi connectivity index (χ4n) is 3.72. The number of hydrogen-bond acceptors (Lipinski definition) is 2. The summed E-state index contributed by atoms with van der Waals surface area (Å²) in [4.78, 5) is 13.6. The number of aliphatic carboxylic acids is 1. The molecule has 0 spiro atoms. The predicted molar refractivity (Wildman–Crippen MR) is 72.6 cm³/mol. The molecule has 1 saturated carbocycles. The van der Waals surface area contributed by atoms with E-state index in [1.807, 2.05) is 0 Å². The molecule has 0 bridgehead atoms. The van der Waals surface area contributed by atoms with Gasteiger partial charge in [-0.1, -0.05) is 32.6 Å². The smallest absolute Gasteiger partial charge is 0.320 e. The van der Waals surface area contributed by atoms with Crippen molar-refractivity contribution in [1.29, 1.82) is 0 Å². The zero-order valence-electron chi connectivity index (χ0n) is 11.6. The molecule has 3 nitrogen and oxygen atoms in total. The number of carboxylic acids is 1. The molecule has 3 unspecified atom stereocenters. The van der Waals surface area contributed by atoms with Gasteiger partial charge in [0.15, 0.2) is 0 Å². The Labute approximate surface area is 111 Å². The molecule has 104 valence electrons. The predicted octanol–water partition coefficient (Wildman–Crippen LogP) is 3.14. The van der Waals surface area contributed by atoms with E-state index in [1.165, 1.54) is 38.5 Å². The maximum atomic E-state index is 11.4. The zero-order valence-corrected chi connectivity index (χ0v) is 11.6. The lowest BCUT2D eigenvalue weighted by molar-refractivity contribution is -0.143. The molecule has 0 aromatic heterocycles. The first kappa shape index (κ1) is 13.9. The summed E-state index contributed by atoms with van der Waals surface area (Å²) < 4.78 is 0. The van der Waals surface area contributed by atoms with Crippen LogP contribution in [0.4, 0.5) is 0 Å². The summed E-state index contributed by atoms with van der Waals surface area (Å²) in [5, 5.41) is 9.37. The molecule has 2 rings (SSSR count). The number of nitrogens with zero attached hydrogens (tertiary/aromatic N) is 1. The molecule has 1 N–H and O–H groups in total. The van der Waals surface area contributed by atoms with E-state index in [2.05, 4.69) is 11.8 Å². The average molecular weight is 253 g/mol. The Kier molecular flexibility index (Phi) is 5.04. The van der Waals surface area contributed by atoms with Crippen LogP contribution in [0.25, 0.3) is 0 Å². The van der Waals surface area contributed by atoms with Crippen LogP contribution < -0.4 is 0 Å². The quantitative estimate of drug-likeness (QED) is 0.840. The van der Waals surface area contributed by atoms with E-state index in [1.54, 1.807) is 0 Å². The number of hydrogen-bond donors (Lipinski definition) is 1. The van der Waals surface area contributed by atoms with Crippen LogP contribution in [-0.4, -0.2) is 35.1 Å². The van der Waals surface area contributed by atoms with Gasteiger partial charge < -0.3 is 5.11 Å². The largest absolute Gasteiger partial charge is 0.480 e. The molecule has 3 heteroatoms. The van der Waals surface area contributed by atoms with Crippen LogP contribution in [0.1, 0.15) is 58.3 Å². The highest BCUT2D eigenvalue weighted by atomic mass is 16.4. The van der Waals surface area contributed by atoms with Gasteiger partial charge in [0.1, 0.15) is 6.04 Å². The van der Waals surface area contributed by atoms with Crippen molar-refractivity contribution in [2.24, 2.45) is 11.8 Å². The molecule has 0 amide bonds. The van der Waals surface area contributed by atoms with Crippen LogP contribution in [0.5, 0.6) is 0 Å². The maximum absolute atomic E-state index is 11.4. The topological polar surface area (TPSA) is 40.5 Å². The second-order valence-electron chi connectivity index (χ2n) is 6.34. The van der Waals surface area contributed by atoms with Gasteiger partial charge in [-0.15, -0.1) is 0 Å². The molecule has 18 heavy (non-hydrogen) atoms. The van der Waals surface area contributed by atoms with Crippen molar-refractivity contribution < 1.29 is 9.90 Å². The fraction of sp³-hybridized carbons (Fsp3) is 0.933. The Morgan fingerprint density at radius 2 is 2.00 bits per heavy atom. The Morgan fingerprint density at radius 3 is 2.72 bits per heavy atom. The molecule has 0 radical (unpaired) electrons. The Bertz CT molecular complexity index is 280. The van der Waals surface area contributed by atoms with Crippen LogP contribution in [0.15, 0.2) is 0 Å². The highest BCUT2D eigenvalue weighted by Gasteiger charge is 2.30. The Balaban J connectivity index is 1.93. The fourth-order valence-corrected chi connectivity index (χ4v) is 3.72. The lowest BCUT2D eigenvalue weighted by atomic mass is 9.82. The lowest BCUT2D eigenvalue weighted by Crippen LogP contribution is -2.43. The maximum Gasteiger partial charge on any atom is 0.320 e. The standard InChI is InChI=1S/C15H27NO2/c1-12-6-5-7-13(10-12)11-16-9-4-2-3-8-14(16)15(17)18/h12-14H,2-11H2,1H3,(H,17,18). The highest BCUT2D eigenvalue weighted by molar-refractivity contribution is 5.73. The number of carbonyl (C=O) groups is 1. The third-order valence-electron chi connectivity index (χ3n) is 4.69. The molecule has 1 heterocycles. The molecule has 0 aromatic carbocycles. The van der Waals surface area contributed by atoms with Gasteiger partial charge in [-0.25, -0.2) is 0 Å². The Morgan fingerprint density at radius 1 is 1.17 bits per heavy atom. The second-order valence-corrected chi connectivity index (χ2v) is 6.34. The van der Waals surface area contributed by atoms with Gasteiger partial charge in [0, 0.05) is 6.54 Å². The van der Waals surface area contributed by atoms with Crippen molar-refractivity contribution in [3.8, 4) is 0 Å². The van der Waals surface area contributed by atoms with Crippen LogP contribution in [0, 0.1) is 11.8 Å². The van der Waals surface area contributed by atoms with E-state index in [9.17, 15) is 9.90 Å².